The molecule has 3 N–H and O–H groups in total. The Hall–Kier alpha value is -3.43. The van der Waals surface area contributed by atoms with Crippen molar-refractivity contribution in [3.63, 3.8) is 0 Å². The molecular weight excluding hydrogens is 608 g/mol. The largest absolute Gasteiger partial charge is 0.494 e. The van der Waals surface area contributed by atoms with Gasteiger partial charge in [-0.3, -0.25) is 4.90 Å². The Morgan fingerprint density at radius 3 is 2.42 bits per heavy atom. The number of aryl methyl sites for hydroxylation is 1. The van der Waals surface area contributed by atoms with E-state index in [1.165, 1.54) is 18.5 Å². The van der Waals surface area contributed by atoms with E-state index in [4.69, 9.17) is 9.72 Å². The number of likely N-dealkylation sites (N-methyl/N-ethyl adjacent to an activating group) is 1. The van der Waals surface area contributed by atoms with Gasteiger partial charge >= 0.3 is 0 Å². The number of nitriles is 1. The fraction of sp³-hybridized carbons (Fsp3) is 0.469. The predicted molar refractivity (Wildman–Crippen MR) is 175 cm³/mol. The van der Waals surface area contributed by atoms with Crippen LogP contribution in [0.5, 0.6) is 5.75 Å². The molecule has 11 heteroatoms. The molecule has 0 bridgehead atoms. The molecule has 10 nitrogen and oxygen atoms in total. The normalized spacial score (nSPS) is 17.0. The highest BCUT2D eigenvalue weighted by Crippen LogP contribution is 2.37. The van der Waals surface area contributed by atoms with Crippen molar-refractivity contribution in [2.75, 3.05) is 69.0 Å². The van der Waals surface area contributed by atoms with Gasteiger partial charge in [0.05, 0.1) is 34.5 Å². The number of piperidine rings is 1. The Morgan fingerprint density at radius 1 is 1.05 bits per heavy atom. The van der Waals surface area contributed by atoms with E-state index in [9.17, 15) is 10.4 Å². The van der Waals surface area contributed by atoms with Crippen LogP contribution < -0.4 is 20.3 Å². The Bertz CT molecular complexity index is 1490. The van der Waals surface area contributed by atoms with Crippen LogP contribution in [-0.2, 0) is 5.60 Å². The molecule has 0 radical (unpaired) electrons. The molecule has 0 aliphatic carbocycles. The third kappa shape index (κ3) is 7.21. The number of anilines is 5. The minimum atomic E-state index is -1.12. The lowest BCUT2D eigenvalue weighted by Crippen LogP contribution is -2.52. The molecule has 1 aromatic heterocycles. The fourth-order valence-electron chi connectivity index (χ4n) is 5.96. The van der Waals surface area contributed by atoms with Gasteiger partial charge in [-0.1, -0.05) is 6.07 Å². The van der Waals surface area contributed by atoms with Crippen LogP contribution >= 0.6 is 15.9 Å². The quantitative estimate of drug-likeness (QED) is 0.295. The number of aromatic nitrogens is 2. The standard InChI is InChI=1S/C32H41BrN8O2/c1-21-16-27(29(43-5)18-28(21)41-10-8-23(9-11-41)40-14-12-39(4)13-15-40)37-31-35-20-25(33)30(38-31)36-26-17-22(19-34)6-7-24(26)32(2,3)42/h6-7,16-18,20,23,42H,8-15H2,1-5H3,(H2,35,36,37,38). The zero-order valence-electron chi connectivity index (χ0n) is 25.6. The smallest absolute Gasteiger partial charge is 0.229 e. The second-order valence-electron chi connectivity index (χ2n) is 12.0. The van der Waals surface area contributed by atoms with Crippen LogP contribution in [0.2, 0.25) is 0 Å². The number of ether oxygens (including phenoxy) is 1. The van der Waals surface area contributed by atoms with Gasteiger partial charge in [0.25, 0.3) is 0 Å². The Morgan fingerprint density at radius 2 is 1.77 bits per heavy atom. The first-order valence-electron chi connectivity index (χ1n) is 14.8. The maximum atomic E-state index is 10.7. The number of nitrogens with one attached hydrogen (secondary N) is 2. The summed E-state index contributed by atoms with van der Waals surface area (Å²) in [7, 11) is 3.88. The van der Waals surface area contributed by atoms with Crippen LogP contribution in [0.25, 0.3) is 0 Å². The molecule has 0 unspecified atom stereocenters. The molecule has 3 aromatic rings. The van der Waals surface area contributed by atoms with E-state index in [0.717, 1.165) is 50.5 Å². The summed E-state index contributed by atoms with van der Waals surface area (Å²) in [6.45, 7) is 12.2. The molecule has 2 aromatic carbocycles. The molecule has 0 saturated carbocycles. The summed E-state index contributed by atoms with van der Waals surface area (Å²) < 4.78 is 6.46. The molecular formula is C32H41BrN8O2. The molecule has 2 aliphatic rings. The summed E-state index contributed by atoms with van der Waals surface area (Å²) in [5, 5.41) is 26.7. The molecule has 0 atom stereocenters. The van der Waals surface area contributed by atoms with Crippen molar-refractivity contribution < 1.29 is 9.84 Å². The zero-order valence-corrected chi connectivity index (χ0v) is 27.2. The summed E-state index contributed by atoms with van der Waals surface area (Å²) >= 11 is 3.53. The number of methoxy groups -OCH3 is 1. The Kier molecular flexibility index (Phi) is 9.42. The minimum Gasteiger partial charge on any atom is -0.494 e. The first-order chi connectivity index (χ1) is 20.5. The van der Waals surface area contributed by atoms with E-state index >= 15 is 0 Å². The van der Waals surface area contributed by atoms with Crippen molar-refractivity contribution in [3.05, 3.63) is 57.7 Å². The van der Waals surface area contributed by atoms with E-state index < -0.39 is 5.60 Å². The average molecular weight is 650 g/mol. The molecule has 3 heterocycles. The fourth-order valence-corrected chi connectivity index (χ4v) is 6.25. The highest BCUT2D eigenvalue weighted by molar-refractivity contribution is 9.10. The molecule has 0 amide bonds. The molecule has 2 saturated heterocycles. The summed E-state index contributed by atoms with van der Waals surface area (Å²) in [4.78, 5) is 16.7. The van der Waals surface area contributed by atoms with Crippen LogP contribution in [-0.4, -0.2) is 84.3 Å². The molecule has 2 fully saturated rings. The van der Waals surface area contributed by atoms with Gasteiger partial charge in [0, 0.05) is 74.5 Å². The lowest BCUT2D eigenvalue weighted by molar-refractivity contribution is 0.0794. The zero-order chi connectivity index (χ0) is 30.7. The molecule has 43 heavy (non-hydrogen) atoms. The van der Waals surface area contributed by atoms with E-state index in [1.54, 1.807) is 45.4 Å². The van der Waals surface area contributed by atoms with Gasteiger partial charge in [-0.05, 0) is 80.4 Å². The van der Waals surface area contributed by atoms with E-state index in [1.807, 2.05) is 0 Å². The number of benzene rings is 2. The first kappa shape index (κ1) is 31.0. The van der Waals surface area contributed by atoms with Crippen molar-refractivity contribution in [2.45, 2.75) is 45.3 Å². The maximum Gasteiger partial charge on any atom is 0.229 e. The van der Waals surface area contributed by atoms with Crippen LogP contribution in [0.4, 0.5) is 28.8 Å². The van der Waals surface area contributed by atoms with Gasteiger partial charge in [0.2, 0.25) is 5.95 Å². The van der Waals surface area contributed by atoms with Gasteiger partial charge in [0.1, 0.15) is 11.6 Å². The lowest BCUT2D eigenvalue weighted by atomic mass is 9.95. The number of nitrogens with zero attached hydrogens (tertiary/aromatic N) is 6. The highest BCUT2D eigenvalue weighted by Gasteiger charge is 2.28. The van der Waals surface area contributed by atoms with Crippen molar-refractivity contribution >= 4 is 44.8 Å². The Balaban J connectivity index is 1.32. The van der Waals surface area contributed by atoms with Gasteiger partial charge in [-0.25, -0.2) is 4.98 Å². The van der Waals surface area contributed by atoms with E-state index in [-0.39, 0.29) is 0 Å². The minimum absolute atomic E-state index is 0.380. The van der Waals surface area contributed by atoms with E-state index in [0.29, 0.717) is 44.8 Å². The number of aliphatic hydroxyl groups is 1. The van der Waals surface area contributed by atoms with Crippen LogP contribution in [0.1, 0.15) is 43.4 Å². The third-order valence-corrected chi connectivity index (χ3v) is 9.01. The molecule has 5 rings (SSSR count). The summed E-state index contributed by atoms with van der Waals surface area (Å²) in [6, 6.07) is 12.1. The second-order valence-corrected chi connectivity index (χ2v) is 12.8. The Labute approximate surface area is 262 Å². The summed E-state index contributed by atoms with van der Waals surface area (Å²) in [5.41, 5.74) is 3.70. The molecule has 2 aliphatic heterocycles. The predicted octanol–water partition coefficient (Wildman–Crippen LogP) is 5.36. The molecule has 228 valence electrons. The van der Waals surface area contributed by atoms with Crippen molar-refractivity contribution in [3.8, 4) is 11.8 Å². The van der Waals surface area contributed by atoms with Crippen molar-refractivity contribution in [1.29, 1.82) is 5.26 Å². The van der Waals surface area contributed by atoms with Crippen LogP contribution in [0.3, 0.4) is 0 Å². The van der Waals surface area contributed by atoms with Gasteiger partial charge in [0.15, 0.2) is 0 Å². The number of hydrogen-bond donors (Lipinski definition) is 3. The highest BCUT2D eigenvalue weighted by atomic mass is 79.9. The van der Waals surface area contributed by atoms with E-state index in [2.05, 4.69) is 78.4 Å². The summed E-state index contributed by atoms with van der Waals surface area (Å²) in [5.74, 6) is 1.59. The second kappa shape index (κ2) is 13.1. The molecule has 0 spiro atoms. The van der Waals surface area contributed by atoms with Crippen molar-refractivity contribution in [2.24, 2.45) is 0 Å². The van der Waals surface area contributed by atoms with Gasteiger partial charge in [-0.2, -0.15) is 10.2 Å². The van der Waals surface area contributed by atoms with Gasteiger partial charge < -0.3 is 30.3 Å². The number of hydrogen-bond acceptors (Lipinski definition) is 10. The third-order valence-electron chi connectivity index (χ3n) is 8.43. The van der Waals surface area contributed by atoms with Gasteiger partial charge in [-0.15, -0.1) is 0 Å². The summed E-state index contributed by atoms with van der Waals surface area (Å²) in [6.07, 6.45) is 3.99. The lowest BCUT2D eigenvalue weighted by Gasteiger charge is -2.43. The topological polar surface area (TPSA) is 113 Å². The average Bonchev–Trinajstić information content (AvgIpc) is 2.99. The monoisotopic (exact) mass is 648 g/mol. The van der Waals surface area contributed by atoms with Crippen LogP contribution in [0, 0.1) is 18.3 Å². The van der Waals surface area contributed by atoms with Crippen molar-refractivity contribution in [1.82, 2.24) is 19.8 Å². The number of halogens is 1. The maximum absolute atomic E-state index is 10.7. The first-order valence-corrected chi connectivity index (χ1v) is 15.5. The number of rotatable bonds is 8. The van der Waals surface area contributed by atoms with Crippen LogP contribution in [0.15, 0.2) is 41.0 Å². The SMILES string of the molecule is COc1cc(N2CCC(N3CCN(C)CC3)CC2)c(C)cc1Nc1ncc(Br)c(Nc2cc(C#N)ccc2C(C)(C)O)n1. The number of piperazine rings is 1.